The summed E-state index contributed by atoms with van der Waals surface area (Å²) in [6.07, 6.45) is 1.70. The standard InChI is InChI=1S/C23H32N4O4/c1-2-10-26-21(29)23(27(22(26)30)17-19-6-4-3-5-7-19)8-11-25(12-9-23)20(28)18-24-13-15-31-16-14-24/h3-7H,2,8-18H2,1H3. The largest absolute Gasteiger partial charge is 0.379 e. The third kappa shape index (κ3) is 4.32. The number of amides is 4. The van der Waals surface area contributed by atoms with E-state index in [1.54, 1.807) is 4.90 Å². The Kier molecular flexibility index (Phi) is 6.57. The van der Waals surface area contributed by atoms with Crippen LogP contribution >= 0.6 is 0 Å². The van der Waals surface area contributed by atoms with E-state index in [0.717, 1.165) is 25.1 Å². The third-order valence-corrected chi connectivity index (χ3v) is 6.66. The molecule has 1 aromatic rings. The Morgan fingerprint density at radius 3 is 2.35 bits per heavy atom. The van der Waals surface area contributed by atoms with Crippen LogP contribution in [0.5, 0.6) is 0 Å². The van der Waals surface area contributed by atoms with E-state index in [4.69, 9.17) is 4.74 Å². The van der Waals surface area contributed by atoms with Crippen molar-refractivity contribution in [3.63, 3.8) is 0 Å². The molecule has 8 nitrogen and oxygen atoms in total. The van der Waals surface area contributed by atoms with E-state index in [2.05, 4.69) is 4.90 Å². The first kappa shape index (κ1) is 21.8. The highest BCUT2D eigenvalue weighted by molar-refractivity contribution is 6.07. The minimum absolute atomic E-state index is 0.0912. The Bertz CT molecular complexity index is 801. The maximum atomic E-state index is 13.4. The van der Waals surface area contributed by atoms with Crippen LogP contribution in [0.3, 0.4) is 0 Å². The topological polar surface area (TPSA) is 73.4 Å². The second-order valence-corrected chi connectivity index (χ2v) is 8.61. The van der Waals surface area contributed by atoms with E-state index < -0.39 is 5.54 Å². The number of likely N-dealkylation sites (tertiary alicyclic amines) is 1. The van der Waals surface area contributed by atoms with Crippen molar-refractivity contribution < 1.29 is 19.1 Å². The van der Waals surface area contributed by atoms with Gasteiger partial charge >= 0.3 is 6.03 Å². The maximum Gasteiger partial charge on any atom is 0.327 e. The lowest BCUT2D eigenvalue weighted by molar-refractivity contribution is -0.142. The average Bonchev–Trinajstić information content (AvgIpc) is 2.98. The van der Waals surface area contributed by atoms with Crippen LogP contribution < -0.4 is 0 Å². The van der Waals surface area contributed by atoms with Gasteiger partial charge in [0.25, 0.3) is 5.91 Å². The molecule has 3 aliphatic heterocycles. The summed E-state index contributed by atoms with van der Waals surface area (Å²) in [7, 11) is 0. The van der Waals surface area contributed by atoms with Crippen molar-refractivity contribution in [1.29, 1.82) is 0 Å². The zero-order valence-electron chi connectivity index (χ0n) is 18.3. The predicted octanol–water partition coefficient (Wildman–Crippen LogP) is 1.55. The fourth-order valence-electron chi connectivity index (χ4n) is 4.85. The Balaban J connectivity index is 1.47. The molecule has 0 atom stereocenters. The van der Waals surface area contributed by atoms with Gasteiger partial charge in [-0.1, -0.05) is 37.3 Å². The van der Waals surface area contributed by atoms with Gasteiger partial charge in [0.1, 0.15) is 5.54 Å². The van der Waals surface area contributed by atoms with Gasteiger partial charge in [-0.25, -0.2) is 4.79 Å². The van der Waals surface area contributed by atoms with Crippen LogP contribution in [-0.4, -0.2) is 95.5 Å². The summed E-state index contributed by atoms with van der Waals surface area (Å²) in [6, 6.07) is 9.59. The molecule has 1 aromatic carbocycles. The molecule has 8 heteroatoms. The highest BCUT2D eigenvalue weighted by atomic mass is 16.5. The average molecular weight is 429 g/mol. The van der Waals surface area contributed by atoms with Gasteiger partial charge in [0.15, 0.2) is 0 Å². The Morgan fingerprint density at radius 2 is 1.71 bits per heavy atom. The molecule has 0 saturated carbocycles. The molecule has 3 fully saturated rings. The van der Waals surface area contributed by atoms with E-state index >= 15 is 0 Å². The molecule has 0 aromatic heterocycles. The van der Waals surface area contributed by atoms with E-state index in [-0.39, 0.29) is 17.8 Å². The molecule has 0 aliphatic carbocycles. The molecule has 4 rings (SSSR count). The molecule has 0 radical (unpaired) electrons. The van der Waals surface area contributed by atoms with Crippen molar-refractivity contribution >= 4 is 17.8 Å². The summed E-state index contributed by atoms with van der Waals surface area (Å²) in [4.78, 5) is 46.6. The Morgan fingerprint density at radius 1 is 1.03 bits per heavy atom. The van der Waals surface area contributed by atoms with Gasteiger partial charge in [-0.15, -0.1) is 0 Å². The van der Waals surface area contributed by atoms with Crippen LogP contribution in [0.4, 0.5) is 4.79 Å². The number of benzene rings is 1. The quantitative estimate of drug-likeness (QED) is 0.643. The summed E-state index contributed by atoms with van der Waals surface area (Å²) in [5.41, 5.74) is 0.157. The van der Waals surface area contributed by atoms with Gasteiger partial charge < -0.3 is 14.5 Å². The smallest absolute Gasteiger partial charge is 0.327 e. The van der Waals surface area contributed by atoms with E-state index in [9.17, 15) is 14.4 Å². The molecule has 0 N–H and O–H groups in total. The highest BCUT2D eigenvalue weighted by Gasteiger charge is 2.57. The summed E-state index contributed by atoms with van der Waals surface area (Å²) in [6.45, 7) is 7.06. The number of imide groups is 1. The number of urea groups is 1. The number of ether oxygens (including phenoxy) is 1. The van der Waals surface area contributed by atoms with Gasteiger partial charge in [-0.05, 0) is 24.8 Å². The predicted molar refractivity (Wildman–Crippen MR) is 115 cm³/mol. The van der Waals surface area contributed by atoms with Gasteiger partial charge in [-0.2, -0.15) is 0 Å². The van der Waals surface area contributed by atoms with Crippen LogP contribution in [0.2, 0.25) is 0 Å². The number of nitrogens with zero attached hydrogens (tertiary/aromatic N) is 4. The minimum atomic E-state index is -0.849. The molecule has 3 saturated heterocycles. The van der Waals surface area contributed by atoms with Crippen LogP contribution in [0, 0.1) is 0 Å². The Labute approximate surface area is 183 Å². The number of hydrogen-bond acceptors (Lipinski definition) is 5. The number of morpholine rings is 1. The summed E-state index contributed by atoms with van der Waals surface area (Å²) >= 11 is 0. The van der Waals surface area contributed by atoms with Crippen LogP contribution in [0.15, 0.2) is 30.3 Å². The van der Waals surface area contributed by atoms with Crippen molar-refractivity contribution in [2.24, 2.45) is 0 Å². The van der Waals surface area contributed by atoms with Gasteiger partial charge in [0.05, 0.1) is 19.8 Å². The van der Waals surface area contributed by atoms with E-state index in [0.29, 0.717) is 58.8 Å². The molecular weight excluding hydrogens is 396 g/mol. The van der Waals surface area contributed by atoms with Crippen LogP contribution in [-0.2, 0) is 20.9 Å². The summed E-state index contributed by atoms with van der Waals surface area (Å²) < 4.78 is 5.36. The monoisotopic (exact) mass is 428 g/mol. The molecule has 1 spiro atoms. The summed E-state index contributed by atoms with van der Waals surface area (Å²) in [5.74, 6) is -0.0101. The third-order valence-electron chi connectivity index (χ3n) is 6.66. The van der Waals surface area contributed by atoms with E-state index in [1.165, 1.54) is 4.90 Å². The minimum Gasteiger partial charge on any atom is -0.379 e. The lowest BCUT2D eigenvalue weighted by atomic mass is 9.85. The van der Waals surface area contributed by atoms with Crippen molar-refractivity contribution in [2.75, 3.05) is 52.5 Å². The summed E-state index contributed by atoms with van der Waals surface area (Å²) in [5, 5.41) is 0. The molecule has 168 valence electrons. The zero-order valence-corrected chi connectivity index (χ0v) is 18.3. The number of carbonyl (C=O) groups is 3. The molecule has 0 bridgehead atoms. The van der Waals surface area contributed by atoms with Crippen molar-refractivity contribution in [2.45, 2.75) is 38.3 Å². The normalized spacial score (nSPS) is 21.9. The van der Waals surface area contributed by atoms with Crippen molar-refractivity contribution in [3.8, 4) is 0 Å². The zero-order chi connectivity index (χ0) is 21.8. The van der Waals surface area contributed by atoms with Crippen molar-refractivity contribution in [1.82, 2.24) is 19.6 Å². The molecule has 4 amide bonds. The van der Waals surface area contributed by atoms with Gasteiger partial charge in [0, 0.05) is 39.3 Å². The number of hydrogen-bond donors (Lipinski definition) is 0. The molecule has 3 heterocycles. The SMILES string of the molecule is CCCN1C(=O)N(Cc2ccccc2)C2(CCN(C(=O)CN3CCOCC3)CC2)C1=O. The van der Waals surface area contributed by atoms with Crippen molar-refractivity contribution in [3.05, 3.63) is 35.9 Å². The highest BCUT2D eigenvalue weighted by Crippen LogP contribution is 2.38. The second kappa shape index (κ2) is 9.36. The first-order chi connectivity index (χ1) is 15.0. The number of piperidine rings is 1. The maximum absolute atomic E-state index is 13.4. The molecule has 31 heavy (non-hydrogen) atoms. The number of rotatable bonds is 6. The molecule has 3 aliphatic rings. The van der Waals surface area contributed by atoms with Gasteiger partial charge in [0.2, 0.25) is 5.91 Å². The first-order valence-corrected chi connectivity index (χ1v) is 11.3. The first-order valence-electron chi connectivity index (χ1n) is 11.3. The van der Waals surface area contributed by atoms with E-state index in [1.807, 2.05) is 42.2 Å². The van der Waals surface area contributed by atoms with Crippen LogP contribution in [0.1, 0.15) is 31.7 Å². The molecular formula is C23H32N4O4. The number of carbonyl (C=O) groups excluding carboxylic acids is 3. The lowest BCUT2D eigenvalue weighted by Crippen LogP contribution is -2.58. The van der Waals surface area contributed by atoms with Gasteiger partial charge in [-0.3, -0.25) is 19.4 Å². The fourth-order valence-corrected chi connectivity index (χ4v) is 4.85. The Hall–Kier alpha value is -2.45. The fraction of sp³-hybridized carbons (Fsp3) is 0.609. The molecule has 0 unspecified atom stereocenters. The van der Waals surface area contributed by atoms with Crippen LogP contribution in [0.25, 0.3) is 0 Å². The second-order valence-electron chi connectivity index (χ2n) is 8.61. The lowest BCUT2D eigenvalue weighted by Gasteiger charge is -2.42.